The van der Waals surface area contributed by atoms with E-state index in [0.717, 1.165) is 45.2 Å². The minimum absolute atomic E-state index is 0.178. The lowest BCUT2D eigenvalue weighted by atomic mass is 9.94. The molecule has 122 valence electrons. The third kappa shape index (κ3) is 4.68. The van der Waals surface area contributed by atoms with Gasteiger partial charge in [0, 0.05) is 25.2 Å². The molecule has 0 bridgehead atoms. The number of nitrogens with one attached hydrogen (secondary N) is 1. The molecule has 4 nitrogen and oxygen atoms in total. The summed E-state index contributed by atoms with van der Waals surface area (Å²) in [7, 11) is 0. The molecule has 2 aliphatic rings. The number of rotatable bonds is 4. The smallest absolute Gasteiger partial charge is 0.251 e. The maximum Gasteiger partial charge on any atom is 0.251 e. The second-order valence-electron chi connectivity index (χ2n) is 6.72. The van der Waals surface area contributed by atoms with Crippen molar-refractivity contribution in [1.29, 1.82) is 0 Å². The van der Waals surface area contributed by atoms with Gasteiger partial charge in [0.15, 0.2) is 0 Å². The Balaban J connectivity index is 1.87. The third-order valence-corrected chi connectivity index (χ3v) is 4.92. The number of ether oxygens (including phenoxy) is 1. The summed E-state index contributed by atoms with van der Waals surface area (Å²) in [4.78, 5) is 14.6. The number of hydrogen-bond acceptors (Lipinski definition) is 3. The van der Waals surface area contributed by atoms with Gasteiger partial charge in [0.2, 0.25) is 0 Å². The van der Waals surface area contributed by atoms with Crippen LogP contribution in [0, 0.1) is 0 Å². The lowest BCUT2D eigenvalue weighted by Gasteiger charge is -2.37. The largest absolute Gasteiger partial charge is 0.364 e. The Morgan fingerprint density at radius 2 is 1.90 bits per heavy atom. The van der Waals surface area contributed by atoms with Gasteiger partial charge < -0.3 is 15.0 Å². The van der Waals surface area contributed by atoms with E-state index in [4.69, 9.17) is 4.74 Å². The molecule has 2 fully saturated rings. The molecule has 0 radical (unpaired) electrons. The second kappa shape index (κ2) is 8.14. The molecule has 2 saturated heterocycles. The number of nitrogens with zero attached hydrogens (tertiary/aromatic N) is 1. The van der Waals surface area contributed by atoms with Crippen molar-refractivity contribution in [2.75, 3.05) is 13.1 Å². The van der Waals surface area contributed by atoms with E-state index >= 15 is 0 Å². The quantitative estimate of drug-likeness (QED) is 0.867. The van der Waals surface area contributed by atoms with Gasteiger partial charge in [-0.15, -0.1) is 0 Å². The molecule has 4 atom stereocenters. The number of hydrogen-bond donors (Lipinski definition) is 1. The van der Waals surface area contributed by atoms with E-state index in [-0.39, 0.29) is 18.1 Å². The van der Waals surface area contributed by atoms with Crippen LogP contribution in [-0.4, -0.2) is 48.2 Å². The summed E-state index contributed by atoms with van der Waals surface area (Å²) in [6.45, 7) is 8.16. The number of carbonyl (C=O) groups excluding carboxylic acids is 1. The molecule has 0 aromatic rings. The summed E-state index contributed by atoms with van der Waals surface area (Å²) in [5, 5.41) is 3.60. The van der Waals surface area contributed by atoms with Crippen LogP contribution in [0.25, 0.3) is 0 Å². The Kier molecular flexibility index (Phi) is 6.49. The van der Waals surface area contributed by atoms with E-state index < -0.39 is 0 Å². The van der Waals surface area contributed by atoms with Crippen molar-refractivity contribution in [2.45, 2.75) is 90.0 Å². The van der Waals surface area contributed by atoms with E-state index in [1.165, 1.54) is 12.8 Å². The van der Waals surface area contributed by atoms with Crippen LogP contribution in [-0.2, 0) is 9.53 Å². The molecule has 2 rings (SSSR count). The molecule has 4 heteroatoms. The first kappa shape index (κ1) is 16.8. The molecular formula is C17H32N2O2. The lowest BCUT2D eigenvalue weighted by Crippen LogP contribution is -2.52. The van der Waals surface area contributed by atoms with Crippen molar-refractivity contribution in [3.8, 4) is 0 Å². The average molecular weight is 296 g/mol. The van der Waals surface area contributed by atoms with Gasteiger partial charge in [0.05, 0.1) is 6.10 Å². The Morgan fingerprint density at radius 1 is 1.24 bits per heavy atom. The monoisotopic (exact) mass is 296 g/mol. The highest BCUT2D eigenvalue weighted by Crippen LogP contribution is 2.21. The zero-order valence-corrected chi connectivity index (χ0v) is 13.9. The van der Waals surface area contributed by atoms with E-state index in [1.807, 2.05) is 11.8 Å². The minimum atomic E-state index is -0.308. The van der Waals surface area contributed by atoms with Gasteiger partial charge in [-0.25, -0.2) is 0 Å². The molecule has 0 aromatic heterocycles. The van der Waals surface area contributed by atoms with E-state index in [2.05, 4.69) is 19.2 Å². The van der Waals surface area contributed by atoms with Crippen LogP contribution < -0.4 is 5.32 Å². The number of amides is 1. The van der Waals surface area contributed by atoms with Crippen LogP contribution in [0.1, 0.15) is 65.7 Å². The second-order valence-corrected chi connectivity index (χ2v) is 6.72. The third-order valence-electron chi connectivity index (χ3n) is 4.92. The topological polar surface area (TPSA) is 41.6 Å². The van der Waals surface area contributed by atoms with Gasteiger partial charge in [0.1, 0.15) is 6.10 Å². The molecule has 0 aliphatic carbocycles. The zero-order chi connectivity index (χ0) is 15.2. The van der Waals surface area contributed by atoms with Gasteiger partial charge in [-0.2, -0.15) is 0 Å². The fraction of sp³-hybridized carbons (Fsp3) is 0.941. The van der Waals surface area contributed by atoms with Gasteiger partial charge in [-0.1, -0.05) is 19.8 Å². The molecule has 2 aliphatic heterocycles. The summed E-state index contributed by atoms with van der Waals surface area (Å²) >= 11 is 0. The predicted octanol–water partition coefficient (Wildman–Crippen LogP) is 2.71. The fourth-order valence-electron chi connectivity index (χ4n) is 3.58. The van der Waals surface area contributed by atoms with E-state index in [9.17, 15) is 4.79 Å². The first-order valence-electron chi connectivity index (χ1n) is 8.82. The maximum atomic E-state index is 12.6. The van der Waals surface area contributed by atoms with Crippen molar-refractivity contribution < 1.29 is 9.53 Å². The van der Waals surface area contributed by atoms with Gasteiger partial charge >= 0.3 is 0 Å². The Bertz CT molecular complexity index is 327. The summed E-state index contributed by atoms with van der Waals surface area (Å²) in [5.41, 5.74) is 0. The normalized spacial score (nSPS) is 32.5. The van der Waals surface area contributed by atoms with Crippen molar-refractivity contribution in [3.63, 3.8) is 0 Å². The number of piperidine rings is 1. The van der Waals surface area contributed by atoms with E-state index in [0.29, 0.717) is 12.1 Å². The van der Waals surface area contributed by atoms with Gasteiger partial charge in [-0.05, 0) is 46.0 Å². The highest BCUT2D eigenvalue weighted by Gasteiger charge is 2.31. The standard InChI is InChI=1S/C17H32N2O2/c1-4-15-16(10-9-13(2)18-15)21-14(3)17(20)19-11-7-5-6-8-12-19/h13-16,18H,4-12H2,1-3H3. The first-order chi connectivity index (χ1) is 10.1. The molecule has 1 N–H and O–H groups in total. The maximum absolute atomic E-state index is 12.6. The number of likely N-dealkylation sites (tertiary alicyclic amines) is 1. The van der Waals surface area contributed by atoms with Crippen molar-refractivity contribution >= 4 is 5.91 Å². The fourth-order valence-corrected chi connectivity index (χ4v) is 3.58. The SMILES string of the molecule is CCC1NC(C)CCC1OC(C)C(=O)N1CCCCCC1. The molecule has 1 amide bonds. The molecule has 0 saturated carbocycles. The summed E-state index contributed by atoms with van der Waals surface area (Å²) in [6, 6.07) is 0.944. The molecule has 2 heterocycles. The Morgan fingerprint density at radius 3 is 2.52 bits per heavy atom. The summed E-state index contributed by atoms with van der Waals surface area (Å²) < 4.78 is 6.15. The van der Waals surface area contributed by atoms with Crippen molar-refractivity contribution in [2.24, 2.45) is 0 Å². The van der Waals surface area contributed by atoms with Crippen LogP contribution >= 0.6 is 0 Å². The number of carbonyl (C=O) groups is 1. The predicted molar refractivity (Wildman–Crippen MR) is 85.3 cm³/mol. The van der Waals surface area contributed by atoms with Crippen LogP contribution in [0.15, 0.2) is 0 Å². The first-order valence-corrected chi connectivity index (χ1v) is 8.82. The highest BCUT2D eigenvalue weighted by atomic mass is 16.5. The molecule has 0 aromatic carbocycles. The van der Waals surface area contributed by atoms with Crippen LogP contribution in [0.2, 0.25) is 0 Å². The van der Waals surface area contributed by atoms with Gasteiger partial charge in [0.25, 0.3) is 5.91 Å². The lowest BCUT2D eigenvalue weighted by molar-refractivity contribution is -0.148. The van der Waals surface area contributed by atoms with Crippen LogP contribution in [0.5, 0.6) is 0 Å². The Hall–Kier alpha value is -0.610. The average Bonchev–Trinajstić information content (AvgIpc) is 2.77. The zero-order valence-electron chi connectivity index (χ0n) is 13.9. The van der Waals surface area contributed by atoms with Crippen LogP contribution in [0.3, 0.4) is 0 Å². The minimum Gasteiger partial charge on any atom is -0.364 e. The molecule has 4 unspecified atom stereocenters. The van der Waals surface area contributed by atoms with Crippen molar-refractivity contribution in [1.82, 2.24) is 10.2 Å². The Labute approximate surface area is 129 Å². The van der Waals surface area contributed by atoms with Crippen LogP contribution in [0.4, 0.5) is 0 Å². The molecule has 0 spiro atoms. The highest BCUT2D eigenvalue weighted by molar-refractivity contribution is 5.80. The summed E-state index contributed by atoms with van der Waals surface area (Å²) in [5.74, 6) is 0.186. The van der Waals surface area contributed by atoms with E-state index in [1.54, 1.807) is 0 Å². The summed E-state index contributed by atoms with van der Waals surface area (Å²) in [6.07, 6.45) is 7.89. The molecular weight excluding hydrogens is 264 g/mol. The molecule has 21 heavy (non-hydrogen) atoms. The van der Waals surface area contributed by atoms with Crippen molar-refractivity contribution in [3.05, 3.63) is 0 Å². The van der Waals surface area contributed by atoms with Gasteiger partial charge in [-0.3, -0.25) is 4.79 Å².